The summed E-state index contributed by atoms with van der Waals surface area (Å²) in [6, 6.07) is 4.56. The standard InChI is InChI=1S/C17H11ClF4N2O2/c1-2-26-17(25)11-6-8-15(13(21)12(20)14(22)16(8)24-11)23-7-3-4-10(19)9(18)5-7/h3-6,23-24H,2H2,1H3. The predicted molar refractivity (Wildman–Crippen MR) is 88.8 cm³/mol. The van der Waals surface area contributed by atoms with Gasteiger partial charge in [-0.15, -0.1) is 0 Å². The molecular formula is C17H11ClF4N2O2. The maximum absolute atomic E-state index is 14.3. The number of carbonyl (C=O) groups is 1. The molecule has 4 nitrogen and oxygen atoms in total. The van der Waals surface area contributed by atoms with Gasteiger partial charge in [0.2, 0.25) is 0 Å². The molecule has 3 aromatic rings. The zero-order valence-electron chi connectivity index (χ0n) is 13.2. The number of fused-ring (bicyclic) bond motifs is 1. The first-order valence-electron chi connectivity index (χ1n) is 7.41. The molecule has 26 heavy (non-hydrogen) atoms. The lowest BCUT2D eigenvalue weighted by Crippen LogP contribution is -2.04. The first kappa shape index (κ1) is 18.1. The van der Waals surface area contributed by atoms with Gasteiger partial charge in [-0.1, -0.05) is 11.6 Å². The molecule has 0 aliphatic carbocycles. The lowest BCUT2D eigenvalue weighted by Gasteiger charge is -2.11. The third kappa shape index (κ3) is 3.08. The fourth-order valence-corrected chi connectivity index (χ4v) is 2.60. The van der Waals surface area contributed by atoms with Crippen LogP contribution in [-0.4, -0.2) is 17.6 Å². The van der Waals surface area contributed by atoms with Crippen LogP contribution in [0.15, 0.2) is 24.3 Å². The largest absolute Gasteiger partial charge is 0.461 e. The summed E-state index contributed by atoms with van der Waals surface area (Å²) >= 11 is 5.66. The molecular weight excluding hydrogens is 376 g/mol. The van der Waals surface area contributed by atoms with Crippen LogP contribution < -0.4 is 5.32 Å². The molecule has 0 aliphatic rings. The van der Waals surface area contributed by atoms with E-state index in [2.05, 4.69) is 10.3 Å². The number of benzene rings is 2. The Morgan fingerprint density at radius 2 is 1.88 bits per heavy atom. The number of carbonyl (C=O) groups excluding carboxylic acids is 1. The van der Waals surface area contributed by atoms with Crippen LogP contribution in [0.4, 0.5) is 28.9 Å². The minimum absolute atomic E-state index is 0.0680. The number of aromatic nitrogens is 1. The minimum Gasteiger partial charge on any atom is -0.461 e. The van der Waals surface area contributed by atoms with E-state index in [0.717, 1.165) is 18.2 Å². The minimum atomic E-state index is -1.73. The molecule has 2 N–H and O–H groups in total. The first-order valence-corrected chi connectivity index (χ1v) is 7.79. The Labute approximate surface area is 149 Å². The Morgan fingerprint density at radius 1 is 1.15 bits per heavy atom. The first-order chi connectivity index (χ1) is 12.3. The summed E-state index contributed by atoms with van der Waals surface area (Å²) in [5.74, 6) is -6.20. The van der Waals surface area contributed by atoms with Crippen LogP contribution in [0.1, 0.15) is 17.4 Å². The molecule has 9 heteroatoms. The fourth-order valence-electron chi connectivity index (χ4n) is 2.42. The number of esters is 1. The summed E-state index contributed by atoms with van der Waals surface area (Å²) in [5.41, 5.74) is -0.886. The number of halogens is 5. The Balaban J connectivity index is 2.16. The number of hydrogen-bond donors (Lipinski definition) is 2. The van der Waals surface area contributed by atoms with E-state index in [1.165, 1.54) is 6.07 Å². The maximum atomic E-state index is 14.3. The second-order valence-corrected chi connectivity index (χ2v) is 5.67. The summed E-state index contributed by atoms with van der Waals surface area (Å²) in [6.45, 7) is 1.64. The summed E-state index contributed by atoms with van der Waals surface area (Å²) < 4.78 is 60.3. The molecule has 136 valence electrons. The molecule has 0 saturated carbocycles. The number of rotatable bonds is 4. The van der Waals surface area contributed by atoms with E-state index in [0.29, 0.717) is 0 Å². The van der Waals surface area contributed by atoms with E-state index >= 15 is 0 Å². The quantitative estimate of drug-likeness (QED) is 0.363. The molecule has 0 radical (unpaired) electrons. The Bertz CT molecular complexity index is 1020. The number of anilines is 2. The second-order valence-electron chi connectivity index (χ2n) is 5.26. The van der Waals surface area contributed by atoms with Gasteiger partial charge in [0.15, 0.2) is 17.5 Å². The smallest absolute Gasteiger partial charge is 0.354 e. The summed E-state index contributed by atoms with van der Waals surface area (Å²) in [7, 11) is 0. The SMILES string of the molecule is CCOC(=O)c1cc2c(Nc3ccc(F)c(Cl)c3)c(F)c(F)c(F)c2[nH]1. The molecule has 0 aliphatic heterocycles. The molecule has 1 heterocycles. The maximum Gasteiger partial charge on any atom is 0.354 e. The van der Waals surface area contributed by atoms with Crippen molar-refractivity contribution in [3.8, 4) is 0 Å². The van der Waals surface area contributed by atoms with Crippen LogP contribution in [0, 0.1) is 23.3 Å². The van der Waals surface area contributed by atoms with E-state index in [1.807, 2.05) is 0 Å². The van der Waals surface area contributed by atoms with Gasteiger partial charge >= 0.3 is 5.97 Å². The summed E-state index contributed by atoms with van der Waals surface area (Å²) in [5, 5.41) is 2.17. The number of aromatic amines is 1. The third-order valence-electron chi connectivity index (χ3n) is 3.60. The fraction of sp³-hybridized carbons (Fsp3) is 0.118. The normalized spacial score (nSPS) is 11.0. The van der Waals surface area contributed by atoms with Gasteiger partial charge in [0.05, 0.1) is 22.8 Å². The molecule has 0 bridgehead atoms. The number of nitrogens with one attached hydrogen (secondary N) is 2. The average molecular weight is 387 g/mol. The van der Waals surface area contributed by atoms with E-state index in [4.69, 9.17) is 16.3 Å². The van der Waals surface area contributed by atoms with Crippen molar-refractivity contribution < 1.29 is 27.1 Å². The molecule has 0 atom stereocenters. The van der Waals surface area contributed by atoms with Gasteiger partial charge in [-0.25, -0.2) is 22.4 Å². The number of hydrogen-bond acceptors (Lipinski definition) is 3. The number of H-pyrrole nitrogens is 1. The Morgan fingerprint density at radius 3 is 2.54 bits per heavy atom. The van der Waals surface area contributed by atoms with Crippen LogP contribution in [0.2, 0.25) is 5.02 Å². The van der Waals surface area contributed by atoms with E-state index in [-0.39, 0.29) is 28.4 Å². The van der Waals surface area contributed by atoms with Crippen LogP contribution in [0.5, 0.6) is 0 Å². The predicted octanol–water partition coefficient (Wildman–Crippen LogP) is 5.30. The molecule has 0 unspecified atom stereocenters. The van der Waals surface area contributed by atoms with Gasteiger partial charge in [-0.2, -0.15) is 0 Å². The molecule has 2 aromatic carbocycles. The highest BCUT2D eigenvalue weighted by molar-refractivity contribution is 6.31. The van der Waals surface area contributed by atoms with E-state index in [1.54, 1.807) is 6.92 Å². The van der Waals surface area contributed by atoms with E-state index < -0.39 is 40.4 Å². The van der Waals surface area contributed by atoms with Crippen molar-refractivity contribution in [2.24, 2.45) is 0 Å². The molecule has 3 rings (SSSR count). The van der Waals surface area contributed by atoms with Gasteiger partial charge in [0.1, 0.15) is 11.5 Å². The Hall–Kier alpha value is -2.74. The van der Waals surface area contributed by atoms with Gasteiger partial charge in [-0.05, 0) is 31.2 Å². The van der Waals surface area contributed by atoms with Gasteiger partial charge < -0.3 is 15.0 Å². The Kier molecular flexibility index (Phi) is 4.78. The van der Waals surface area contributed by atoms with Crippen LogP contribution >= 0.6 is 11.6 Å². The van der Waals surface area contributed by atoms with Gasteiger partial charge in [-0.3, -0.25) is 0 Å². The lowest BCUT2D eigenvalue weighted by molar-refractivity contribution is 0.0520. The van der Waals surface area contributed by atoms with Crippen molar-refractivity contribution in [3.05, 3.63) is 58.3 Å². The third-order valence-corrected chi connectivity index (χ3v) is 3.89. The monoisotopic (exact) mass is 386 g/mol. The number of ether oxygens (including phenoxy) is 1. The van der Waals surface area contributed by atoms with Gasteiger partial charge in [0, 0.05) is 11.1 Å². The van der Waals surface area contributed by atoms with Crippen molar-refractivity contribution in [1.29, 1.82) is 0 Å². The van der Waals surface area contributed by atoms with Crippen molar-refractivity contribution in [3.63, 3.8) is 0 Å². The van der Waals surface area contributed by atoms with Crippen LogP contribution in [-0.2, 0) is 4.74 Å². The molecule has 0 amide bonds. The van der Waals surface area contributed by atoms with Crippen molar-refractivity contribution in [1.82, 2.24) is 4.98 Å². The highest BCUT2D eigenvalue weighted by atomic mass is 35.5. The van der Waals surface area contributed by atoms with Crippen molar-refractivity contribution in [2.45, 2.75) is 6.92 Å². The molecule has 0 saturated heterocycles. The second kappa shape index (κ2) is 6.87. The zero-order valence-corrected chi connectivity index (χ0v) is 14.0. The van der Waals surface area contributed by atoms with Crippen molar-refractivity contribution >= 4 is 39.8 Å². The zero-order chi connectivity index (χ0) is 19.0. The van der Waals surface area contributed by atoms with Gasteiger partial charge in [0.25, 0.3) is 0 Å². The van der Waals surface area contributed by atoms with Crippen molar-refractivity contribution in [2.75, 3.05) is 11.9 Å². The average Bonchev–Trinajstić information content (AvgIpc) is 3.05. The highest BCUT2D eigenvalue weighted by Gasteiger charge is 2.24. The van der Waals surface area contributed by atoms with E-state index in [9.17, 15) is 22.4 Å². The van der Waals surface area contributed by atoms with Crippen LogP contribution in [0.25, 0.3) is 10.9 Å². The summed E-state index contributed by atoms with van der Waals surface area (Å²) in [4.78, 5) is 14.2. The molecule has 1 aromatic heterocycles. The highest BCUT2D eigenvalue weighted by Crippen LogP contribution is 2.35. The lowest BCUT2D eigenvalue weighted by atomic mass is 10.1. The topological polar surface area (TPSA) is 54.1 Å². The molecule has 0 fully saturated rings. The van der Waals surface area contributed by atoms with Crippen LogP contribution in [0.3, 0.4) is 0 Å². The summed E-state index contributed by atoms with van der Waals surface area (Å²) in [6.07, 6.45) is 0. The molecule has 0 spiro atoms.